The van der Waals surface area contributed by atoms with Crippen molar-refractivity contribution in [2.45, 2.75) is 13.1 Å². The molecule has 0 saturated heterocycles. The lowest BCUT2D eigenvalue weighted by Crippen LogP contribution is -2.44. The van der Waals surface area contributed by atoms with Gasteiger partial charge in [-0.3, -0.25) is 0 Å². The van der Waals surface area contributed by atoms with E-state index in [0.717, 1.165) is 0 Å². The van der Waals surface area contributed by atoms with Crippen molar-refractivity contribution in [1.82, 2.24) is 0 Å². The zero-order chi connectivity index (χ0) is 8.01. The van der Waals surface area contributed by atoms with Crippen LogP contribution in [0.2, 0.25) is 0 Å². The highest BCUT2D eigenvalue weighted by molar-refractivity contribution is 14.1. The second kappa shape index (κ2) is 2.57. The average molecular weight is 264 g/mol. The Labute approximate surface area is 79.7 Å². The minimum atomic E-state index is -0.617. The van der Waals surface area contributed by atoms with Crippen molar-refractivity contribution in [3.8, 4) is 0 Å². The molecule has 3 aliphatic carbocycles. The van der Waals surface area contributed by atoms with Crippen molar-refractivity contribution in [2.75, 3.05) is 0 Å². The molecule has 2 heteroatoms. The Morgan fingerprint density at radius 1 is 1.45 bits per heavy atom. The summed E-state index contributed by atoms with van der Waals surface area (Å²) in [4.78, 5) is 0. The second-order valence-corrected chi connectivity index (χ2v) is 4.61. The molecule has 0 aromatic heterocycles. The van der Waals surface area contributed by atoms with Crippen molar-refractivity contribution in [3.05, 3.63) is 21.8 Å². The molecule has 11 heavy (non-hydrogen) atoms. The average Bonchev–Trinajstić information content (AvgIpc) is 2.21. The highest BCUT2D eigenvalue weighted by atomic mass is 127. The minimum absolute atomic E-state index is 0.182. The van der Waals surface area contributed by atoms with E-state index >= 15 is 0 Å². The maximum atomic E-state index is 13.2. The molecule has 0 amide bonds. The van der Waals surface area contributed by atoms with Crippen molar-refractivity contribution in [3.63, 3.8) is 0 Å². The Balaban J connectivity index is 2.30. The monoisotopic (exact) mass is 264 g/mol. The van der Waals surface area contributed by atoms with E-state index in [1.165, 1.54) is 3.58 Å². The molecule has 60 valence electrons. The number of hydrogen-bond acceptors (Lipinski definition) is 0. The molecule has 0 aromatic rings. The summed E-state index contributed by atoms with van der Waals surface area (Å²) >= 11 is 2.25. The summed E-state index contributed by atoms with van der Waals surface area (Å²) in [5.41, 5.74) is 0. The number of fused-ring (bicyclic) bond motifs is 1. The van der Waals surface area contributed by atoms with Crippen LogP contribution < -0.4 is 0 Å². The molecule has 0 nitrogen and oxygen atoms in total. The van der Waals surface area contributed by atoms with Crippen molar-refractivity contribution >= 4 is 22.6 Å². The zero-order valence-electron chi connectivity index (χ0n) is 6.30. The normalized spacial score (nSPS) is 47.7. The van der Waals surface area contributed by atoms with Gasteiger partial charge in [-0.15, -0.1) is 0 Å². The molecule has 3 rings (SSSR count). The first kappa shape index (κ1) is 7.77. The van der Waals surface area contributed by atoms with Gasteiger partial charge in [-0.25, -0.2) is 4.39 Å². The van der Waals surface area contributed by atoms with E-state index in [1.807, 2.05) is 12.2 Å². The molecule has 0 heterocycles. The van der Waals surface area contributed by atoms with E-state index in [-0.39, 0.29) is 11.8 Å². The van der Waals surface area contributed by atoms with Crippen LogP contribution in [-0.2, 0) is 0 Å². The predicted molar refractivity (Wildman–Crippen MR) is 52.3 cm³/mol. The van der Waals surface area contributed by atoms with Crippen molar-refractivity contribution in [1.29, 1.82) is 0 Å². The summed E-state index contributed by atoms with van der Waals surface area (Å²) in [6, 6.07) is 0. The molecule has 1 fully saturated rings. The lowest BCUT2D eigenvalue weighted by molar-refractivity contribution is 0.0236. The van der Waals surface area contributed by atoms with E-state index in [1.54, 1.807) is 0 Å². The summed E-state index contributed by atoms with van der Waals surface area (Å²) in [5, 5.41) is 0. The van der Waals surface area contributed by atoms with Crippen LogP contribution in [0.1, 0.15) is 6.92 Å². The first-order valence-electron chi connectivity index (χ1n) is 3.90. The fourth-order valence-corrected chi connectivity index (χ4v) is 2.54. The van der Waals surface area contributed by atoms with Crippen LogP contribution in [0.25, 0.3) is 0 Å². The van der Waals surface area contributed by atoms with Crippen LogP contribution >= 0.6 is 22.6 Å². The van der Waals surface area contributed by atoms with Crippen LogP contribution in [0, 0.1) is 17.8 Å². The third kappa shape index (κ3) is 1.06. The van der Waals surface area contributed by atoms with Gasteiger partial charge in [0.2, 0.25) is 0 Å². The third-order valence-electron chi connectivity index (χ3n) is 2.78. The van der Waals surface area contributed by atoms with Gasteiger partial charge >= 0.3 is 0 Å². The van der Waals surface area contributed by atoms with Gasteiger partial charge in [-0.05, 0) is 28.5 Å². The van der Waals surface area contributed by atoms with Gasteiger partial charge in [-0.1, -0.05) is 25.2 Å². The Morgan fingerprint density at radius 3 is 2.82 bits per heavy atom. The molecule has 1 saturated carbocycles. The molecule has 2 bridgehead atoms. The quantitative estimate of drug-likeness (QED) is 0.590. The SMILES string of the molecule is CC1C2C=CC(I)=CC1C2F. The van der Waals surface area contributed by atoms with E-state index in [2.05, 4.69) is 35.6 Å². The molecular weight excluding hydrogens is 254 g/mol. The first-order valence-corrected chi connectivity index (χ1v) is 4.97. The summed E-state index contributed by atoms with van der Waals surface area (Å²) in [5.74, 6) is 0.874. The Bertz CT molecular complexity index is 222. The number of allylic oxidation sites excluding steroid dienone is 4. The Morgan fingerprint density at radius 2 is 2.18 bits per heavy atom. The maximum absolute atomic E-state index is 13.2. The molecular formula is C9H10FI. The molecule has 0 spiro atoms. The topological polar surface area (TPSA) is 0 Å². The molecule has 0 aromatic carbocycles. The van der Waals surface area contributed by atoms with Crippen molar-refractivity contribution < 1.29 is 4.39 Å². The Hall–Kier alpha value is 0.140. The van der Waals surface area contributed by atoms with Crippen LogP contribution in [0.4, 0.5) is 4.39 Å². The van der Waals surface area contributed by atoms with E-state index < -0.39 is 6.17 Å². The summed E-state index contributed by atoms with van der Waals surface area (Å²) in [6.45, 7) is 2.13. The van der Waals surface area contributed by atoms with E-state index in [9.17, 15) is 4.39 Å². The fourth-order valence-electron chi connectivity index (χ4n) is 1.92. The molecule has 0 aliphatic heterocycles. The second-order valence-electron chi connectivity index (χ2n) is 3.37. The molecule has 0 N–H and O–H groups in total. The summed E-state index contributed by atoms with van der Waals surface area (Å²) < 4.78 is 14.4. The number of hydrogen-bond donors (Lipinski definition) is 0. The summed E-state index contributed by atoms with van der Waals surface area (Å²) in [7, 11) is 0. The molecule has 4 unspecified atom stereocenters. The standard InChI is InChI=1S/C9H10FI/c1-5-7-3-2-6(11)4-8(5)9(7)10/h2-5,7-9H,1H3. The predicted octanol–water partition coefficient (Wildman–Crippen LogP) is 3.10. The van der Waals surface area contributed by atoms with Crippen LogP contribution in [-0.4, -0.2) is 6.17 Å². The number of rotatable bonds is 0. The first-order chi connectivity index (χ1) is 5.20. The van der Waals surface area contributed by atoms with E-state index in [4.69, 9.17) is 0 Å². The van der Waals surface area contributed by atoms with Gasteiger partial charge in [0, 0.05) is 15.4 Å². The molecule has 0 radical (unpaired) electrons. The molecule has 3 aliphatic rings. The van der Waals surface area contributed by atoms with Gasteiger partial charge in [-0.2, -0.15) is 0 Å². The van der Waals surface area contributed by atoms with Crippen LogP contribution in [0.5, 0.6) is 0 Å². The summed E-state index contributed by atoms with van der Waals surface area (Å²) in [6.07, 6.45) is 5.47. The van der Waals surface area contributed by atoms with Crippen LogP contribution in [0.15, 0.2) is 21.8 Å². The highest BCUT2D eigenvalue weighted by Crippen LogP contribution is 2.47. The lowest BCUT2D eigenvalue weighted by atomic mass is 9.65. The minimum Gasteiger partial charge on any atom is -0.246 e. The van der Waals surface area contributed by atoms with Gasteiger partial charge in [0.05, 0.1) is 0 Å². The number of alkyl halides is 1. The highest BCUT2D eigenvalue weighted by Gasteiger charge is 2.46. The van der Waals surface area contributed by atoms with Crippen molar-refractivity contribution in [2.24, 2.45) is 17.8 Å². The Kier molecular flexibility index (Phi) is 1.82. The van der Waals surface area contributed by atoms with Gasteiger partial charge in [0.15, 0.2) is 0 Å². The smallest absolute Gasteiger partial charge is 0.113 e. The molecule has 4 atom stereocenters. The lowest BCUT2D eigenvalue weighted by Gasteiger charge is -2.42. The fraction of sp³-hybridized carbons (Fsp3) is 0.556. The maximum Gasteiger partial charge on any atom is 0.113 e. The van der Waals surface area contributed by atoms with Gasteiger partial charge < -0.3 is 0 Å². The van der Waals surface area contributed by atoms with E-state index in [0.29, 0.717) is 5.92 Å². The largest absolute Gasteiger partial charge is 0.246 e. The zero-order valence-corrected chi connectivity index (χ0v) is 8.45. The van der Waals surface area contributed by atoms with Gasteiger partial charge in [0.1, 0.15) is 6.17 Å². The van der Waals surface area contributed by atoms with Gasteiger partial charge in [0.25, 0.3) is 0 Å². The third-order valence-corrected chi connectivity index (χ3v) is 3.50. The van der Waals surface area contributed by atoms with Crippen LogP contribution in [0.3, 0.4) is 0 Å². The number of halogens is 2.